The number of anilines is 1. The van der Waals surface area contributed by atoms with Crippen molar-refractivity contribution < 1.29 is 24.7 Å². The SMILES string of the molecule is N[N+](=O)c1cc(CN(c2c([N+](=O)[O-])cc(Br)cc2[N+](=O)[O-])[N+](=O)[O-])ccc1[N+](=O)[O-]. The molecule has 0 saturated carbocycles. The maximum atomic E-state index is 11.6. The molecule has 0 aliphatic heterocycles. The minimum Gasteiger partial charge on any atom is -0.258 e. The van der Waals surface area contributed by atoms with Crippen LogP contribution in [0.1, 0.15) is 5.56 Å². The first-order valence-electron chi connectivity index (χ1n) is 7.47. The van der Waals surface area contributed by atoms with Crippen LogP contribution in [-0.4, -0.2) is 24.7 Å². The zero-order chi connectivity index (χ0) is 22.7. The second-order valence-corrected chi connectivity index (χ2v) is 6.42. The summed E-state index contributed by atoms with van der Waals surface area (Å²) in [4.78, 5) is 53.4. The Kier molecular flexibility index (Phi) is 6.16. The van der Waals surface area contributed by atoms with Gasteiger partial charge in [0.2, 0.25) is 0 Å². The average molecular weight is 487 g/mol. The Morgan fingerprint density at radius 1 is 0.800 bits per heavy atom. The third-order valence-corrected chi connectivity index (χ3v) is 4.15. The summed E-state index contributed by atoms with van der Waals surface area (Å²) in [5.41, 5.74) is -4.22. The summed E-state index contributed by atoms with van der Waals surface area (Å²) in [6.07, 6.45) is 0. The first-order valence-corrected chi connectivity index (χ1v) is 8.26. The van der Waals surface area contributed by atoms with Gasteiger partial charge in [-0.1, -0.05) is 20.9 Å². The van der Waals surface area contributed by atoms with E-state index in [4.69, 9.17) is 5.84 Å². The molecule has 0 heterocycles. The van der Waals surface area contributed by atoms with Crippen LogP contribution in [0.4, 0.5) is 28.4 Å². The van der Waals surface area contributed by atoms with Crippen molar-refractivity contribution in [3.63, 3.8) is 0 Å². The van der Waals surface area contributed by atoms with Crippen molar-refractivity contribution in [1.29, 1.82) is 0 Å². The van der Waals surface area contributed by atoms with E-state index in [0.29, 0.717) is 0 Å². The molecule has 2 aromatic carbocycles. The van der Waals surface area contributed by atoms with E-state index >= 15 is 0 Å². The largest absolute Gasteiger partial charge is 0.368 e. The number of nitro benzene ring substituents is 3. The molecule has 156 valence electrons. The van der Waals surface area contributed by atoms with E-state index in [2.05, 4.69) is 15.9 Å². The molecule has 0 spiro atoms. The van der Waals surface area contributed by atoms with E-state index in [1.807, 2.05) is 0 Å². The Bertz CT molecular complexity index is 1070. The third-order valence-electron chi connectivity index (χ3n) is 3.69. The predicted octanol–water partition coefficient (Wildman–Crippen LogP) is 2.66. The minimum absolute atomic E-state index is 0.0595. The van der Waals surface area contributed by atoms with Crippen LogP contribution < -0.4 is 10.9 Å². The fourth-order valence-electron chi connectivity index (χ4n) is 2.50. The number of hydrogen-bond donors (Lipinski definition) is 1. The van der Waals surface area contributed by atoms with E-state index in [1.165, 1.54) is 0 Å². The molecule has 0 unspecified atom stereocenters. The van der Waals surface area contributed by atoms with Crippen LogP contribution in [0.2, 0.25) is 0 Å². The lowest BCUT2D eigenvalue weighted by Gasteiger charge is -2.14. The maximum Gasteiger partial charge on any atom is 0.368 e. The number of halogens is 1. The van der Waals surface area contributed by atoms with Gasteiger partial charge in [0.15, 0.2) is 9.90 Å². The maximum absolute atomic E-state index is 11.6. The number of hydrazine groups is 2. The minimum atomic E-state index is -1.12. The Morgan fingerprint density at radius 3 is 1.70 bits per heavy atom. The quantitative estimate of drug-likeness (QED) is 0.247. The van der Waals surface area contributed by atoms with Crippen LogP contribution in [-0.2, 0) is 6.54 Å². The first-order chi connectivity index (χ1) is 13.9. The summed E-state index contributed by atoms with van der Waals surface area (Å²) in [7, 11) is 0. The highest BCUT2D eigenvalue weighted by atomic mass is 79.9. The highest BCUT2D eigenvalue weighted by Crippen LogP contribution is 2.41. The molecule has 16 nitrogen and oxygen atoms in total. The molecule has 0 bridgehead atoms. The van der Waals surface area contributed by atoms with Gasteiger partial charge in [0.05, 0.1) is 19.7 Å². The van der Waals surface area contributed by atoms with Gasteiger partial charge in [0.25, 0.3) is 5.69 Å². The van der Waals surface area contributed by atoms with Gasteiger partial charge in [0, 0.05) is 28.7 Å². The molecule has 2 aromatic rings. The summed E-state index contributed by atoms with van der Waals surface area (Å²) in [6, 6.07) is 4.44. The fourth-order valence-corrected chi connectivity index (χ4v) is 2.94. The summed E-state index contributed by atoms with van der Waals surface area (Å²) in [6.45, 7) is -0.810. The van der Waals surface area contributed by atoms with E-state index in [-0.39, 0.29) is 19.9 Å². The molecule has 0 aliphatic rings. The van der Waals surface area contributed by atoms with Crippen molar-refractivity contribution >= 4 is 44.4 Å². The van der Waals surface area contributed by atoms with Crippen LogP contribution in [0.3, 0.4) is 0 Å². The van der Waals surface area contributed by atoms with Crippen LogP contribution in [0.5, 0.6) is 0 Å². The highest BCUT2D eigenvalue weighted by molar-refractivity contribution is 9.10. The first kappa shape index (κ1) is 22.0. The van der Waals surface area contributed by atoms with E-state index in [1.54, 1.807) is 0 Å². The number of hydrogen-bond acceptors (Lipinski definition) is 9. The van der Waals surface area contributed by atoms with Crippen molar-refractivity contribution in [2.75, 3.05) is 5.01 Å². The molecule has 0 fully saturated rings. The van der Waals surface area contributed by atoms with Gasteiger partial charge in [-0.25, -0.2) is 10.1 Å². The summed E-state index contributed by atoms with van der Waals surface area (Å²) in [5, 5.41) is 44.3. The van der Waals surface area contributed by atoms with Crippen molar-refractivity contribution in [3.05, 3.63) is 85.7 Å². The smallest absolute Gasteiger partial charge is 0.258 e. The molecule has 0 atom stereocenters. The highest BCUT2D eigenvalue weighted by Gasteiger charge is 2.38. The van der Waals surface area contributed by atoms with Crippen LogP contribution in [0.25, 0.3) is 0 Å². The Hall–Kier alpha value is -4.28. The zero-order valence-electron chi connectivity index (χ0n) is 14.4. The number of nitro groups is 4. The van der Waals surface area contributed by atoms with Crippen molar-refractivity contribution in [2.24, 2.45) is 5.84 Å². The Balaban J connectivity index is 2.69. The van der Waals surface area contributed by atoms with Gasteiger partial charge >= 0.3 is 22.7 Å². The van der Waals surface area contributed by atoms with Gasteiger partial charge < -0.3 is 0 Å². The van der Waals surface area contributed by atoms with Gasteiger partial charge in [-0.15, -0.1) is 0 Å². The number of benzene rings is 2. The van der Waals surface area contributed by atoms with Crippen molar-refractivity contribution in [3.8, 4) is 0 Å². The fraction of sp³-hybridized carbons (Fsp3) is 0.0769. The molecule has 0 aliphatic carbocycles. The van der Waals surface area contributed by atoms with E-state index < -0.39 is 54.8 Å². The average Bonchev–Trinajstić information content (AvgIpc) is 2.64. The Labute approximate surface area is 172 Å². The molecule has 17 heteroatoms. The Morgan fingerprint density at radius 2 is 1.30 bits per heavy atom. The van der Waals surface area contributed by atoms with E-state index in [0.717, 1.165) is 30.3 Å². The van der Waals surface area contributed by atoms with Gasteiger partial charge in [-0.2, -0.15) is 5.84 Å². The molecule has 0 aromatic heterocycles. The molecule has 0 radical (unpaired) electrons. The summed E-state index contributed by atoms with van der Waals surface area (Å²) < 4.78 is -0.0595. The van der Waals surface area contributed by atoms with Crippen LogP contribution >= 0.6 is 15.9 Å². The second-order valence-electron chi connectivity index (χ2n) is 5.51. The molecular weight excluding hydrogens is 478 g/mol. The number of nitrogens with two attached hydrogens (primary N) is 1. The van der Waals surface area contributed by atoms with Crippen LogP contribution in [0.15, 0.2) is 34.8 Å². The van der Waals surface area contributed by atoms with Gasteiger partial charge in [-0.3, -0.25) is 30.3 Å². The lowest BCUT2D eigenvalue weighted by molar-refractivity contribution is -0.499. The summed E-state index contributed by atoms with van der Waals surface area (Å²) in [5.74, 6) is 5.01. The van der Waals surface area contributed by atoms with Gasteiger partial charge in [0.1, 0.15) is 6.54 Å². The predicted molar refractivity (Wildman–Crippen MR) is 101 cm³/mol. The zero-order valence-corrected chi connectivity index (χ0v) is 16.0. The third kappa shape index (κ3) is 4.41. The standard InChI is InChI=1S/C13H9BrN7O9/c14-8-4-11(19(25)26)13(12(5-8)20(27)28)16(21(29)30)6-7-1-2-9(18(23)24)10(3-7)17(15)22/h1-5H,6H2,(H2,15,22)/q+1. The molecule has 2 N–H and O–H groups in total. The number of rotatable bonds is 8. The van der Waals surface area contributed by atoms with Crippen LogP contribution in [0, 0.1) is 45.4 Å². The van der Waals surface area contributed by atoms with E-state index in [9.17, 15) is 45.4 Å². The molecule has 0 amide bonds. The number of nitrogens with zero attached hydrogens (tertiary/aromatic N) is 6. The lowest BCUT2D eigenvalue weighted by atomic mass is 10.1. The van der Waals surface area contributed by atoms with Crippen molar-refractivity contribution in [2.45, 2.75) is 6.54 Å². The van der Waals surface area contributed by atoms with Crippen molar-refractivity contribution in [1.82, 2.24) is 0 Å². The second kappa shape index (κ2) is 8.39. The molecular formula is C13H9BrN7O9+. The topological polar surface area (TPSA) is 222 Å². The summed E-state index contributed by atoms with van der Waals surface area (Å²) >= 11 is 2.87. The molecule has 0 saturated heterocycles. The monoisotopic (exact) mass is 486 g/mol. The molecule has 2 rings (SSSR count). The number of nitroso groups, excluding NO2 is 1. The molecule has 30 heavy (non-hydrogen) atoms. The van der Waals surface area contributed by atoms with Gasteiger partial charge in [-0.05, 0) is 11.6 Å². The normalized spacial score (nSPS) is 10.3. The lowest BCUT2D eigenvalue weighted by Crippen LogP contribution is -2.30.